The van der Waals surface area contributed by atoms with Gasteiger partial charge in [0.15, 0.2) is 0 Å². The SMILES string of the molecule is Cc1ccc(-c2cnc3[nH]ccc3c2)o1. The second-order valence-corrected chi connectivity index (χ2v) is 3.55. The molecule has 3 rings (SSSR count). The smallest absolute Gasteiger partial charge is 0.137 e. The Hall–Kier alpha value is -2.03. The van der Waals surface area contributed by atoms with Crippen LogP contribution in [0, 0.1) is 6.92 Å². The molecule has 0 aliphatic rings. The lowest BCUT2D eigenvalue weighted by atomic mass is 10.2. The lowest BCUT2D eigenvalue weighted by Crippen LogP contribution is -1.78. The van der Waals surface area contributed by atoms with E-state index in [4.69, 9.17) is 4.42 Å². The molecule has 3 heteroatoms. The lowest BCUT2D eigenvalue weighted by Gasteiger charge is -1.96. The van der Waals surface area contributed by atoms with Crippen LogP contribution < -0.4 is 0 Å². The van der Waals surface area contributed by atoms with Crippen molar-refractivity contribution in [2.45, 2.75) is 6.92 Å². The molecule has 1 N–H and O–H groups in total. The number of aryl methyl sites for hydroxylation is 1. The summed E-state index contributed by atoms with van der Waals surface area (Å²) in [5.41, 5.74) is 1.91. The highest BCUT2D eigenvalue weighted by Crippen LogP contribution is 2.23. The fourth-order valence-corrected chi connectivity index (χ4v) is 1.66. The fraction of sp³-hybridized carbons (Fsp3) is 0.0833. The van der Waals surface area contributed by atoms with E-state index in [0.29, 0.717) is 0 Å². The number of H-pyrrole nitrogens is 1. The first-order valence-corrected chi connectivity index (χ1v) is 4.83. The molecular weight excluding hydrogens is 188 g/mol. The van der Waals surface area contributed by atoms with Crippen LogP contribution in [0.3, 0.4) is 0 Å². The quantitative estimate of drug-likeness (QED) is 0.652. The van der Waals surface area contributed by atoms with Crippen molar-refractivity contribution in [1.82, 2.24) is 9.97 Å². The zero-order valence-electron chi connectivity index (χ0n) is 8.32. The third kappa shape index (κ3) is 1.32. The lowest BCUT2D eigenvalue weighted by molar-refractivity contribution is 0.548. The molecule has 74 valence electrons. The summed E-state index contributed by atoms with van der Waals surface area (Å²) in [5, 5.41) is 1.10. The van der Waals surface area contributed by atoms with E-state index in [1.165, 1.54) is 0 Å². The van der Waals surface area contributed by atoms with E-state index < -0.39 is 0 Å². The number of pyridine rings is 1. The van der Waals surface area contributed by atoms with E-state index in [9.17, 15) is 0 Å². The summed E-state index contributed by atoms with van der Waals surface area (Å²) in [7, 11) is 0. The second kappa shape index (κ2) is 2.98. The minimum atomic E-state index is 0.864. The number of hydrogen-bond donors (Lipinski definition) is 1. The van der Waals surface area contributed by atoms with Crippen LogP contribution in [-0.2, 0) is 0 Å². The number of aromatic amines is 1. The van der Waals surface area contributed by atoms with E-state index in [0.717, 1.165) is 28.1 Å². The van der Waals surface area contributed by atoms with Crippen LogP contribution in [0.2, 0.25) is 0 Å². The van der Waals surface area contributed by atoms with E-state index >= 15 is 0 Å². The van der Waals surface area contributed by atoms with Gasteiger partial charge < -0.3 is 9.40 Å². The summed E-state index contributed by atoms with van der Waals surface area (Å²) in [5.74, 6) is 1.78. The summed E-state index contributed by atoms with van der Waals surface area (Å²) >= 11 is 0. The molecule has 0 amide bonds. The van der Waals surface area contributed by atoms with Gasteiger partial charge in [0, 0.05) is 23.3 Å². The van der Waals surface area contributed by atoms with E-state index in [2.05, 4.69) is 16.0 Å². The minimum Gasteiger partial charge on any atom is -0.461 e. The summed E-state index contributed by atoms with van der Waals surface area (Å²) in [6.45, 7) is 1.94. The molecule has 3 heterocycles. The Bertz CT molecular complexity index is 607. The minimum absolute atomic E-state index is 0.864. The van der Waals surface area contributed by atoms with Crippen LogP contribution in [0.15, 0.2) is 41.1 Å². The highest BCUT2D eigenvalue weighted by molar-refractivity contribution is 5.80. The van der Waals surface area contributed by atoms with Crippen molar-refractivity contribution in [2.75, 3.05) is 0 Å². The molecule has 3 nitrogen and oxygen atoms in total. The maximum absolute atomic E-state index is 5.54. The number of furan rings is 1. The normalized spacial score (nSPS) is 11.0. The number of hydrogen-bond acceptors (Lipinski definition) is 2. The molecule has 15 heavy (non-hydrogen) atoms. The van der Waals surface area contributed by atoms with Gasteiger partial charge >= 0.3 is 0 Å². The Labute approximate surface area is 86.8 Å². The maximum atomic E-state index is 5.54. The first kappa shape index (κ1) is 8.29. The van der Waals surface area contributed by atoms with Crippen molar-refractivity contribution < 1.29 is 4.42 Å². The zero-order valence-corrected chi connectivity index (χ0v) is 8.32. The van der Waals surface area contributed by atoms with E-state index in [1.54, 1.807) is 0 Å². The van der Waals surface area contributed by atoms with Crippen LogP contribution >= 0.6 is 0 Å². The van der Waals surface area contributed by atoms with Crippen LogP contribution in [0.5, 0.6) is 0 Å². The average molecular weight is 198 g/mol. The van der Waals surface area contributed by atoms with Crippen LogP contribution in [-0.4, -0.2) is 9.97 Å². The number of rotatable bonds is 1. The largest absolute Gasteiger partial charge is 0.461 e. The molecule has 0 saturated heterocycles. The predicted molar refractivity (Wildman–Crippen MR) is 58.5 cm³/mol. The predicted octanol–water partition coefficient (Wildman–Crippen LogP) is 3.13. The first-order chi connectivity index (χ1) is 7.33. The van der Waals surface area contributed by atoms with Gasteiger partial charge in [0.25, 0.3) is 0 Å². The number of aromatic nitrogens is 2. The van der Waals surface area contributed by atoms with Crippen LogP contribution in [0.25, 0.3) is 22.4 Å². The third-order valence-corrected chi connectivity index (χ3v) is 2.42. The standard InChI is InChI=1S/C12H10N2O/c1-8-2-3-11(15-8)10-6-9-4-5-13-12(9)14-7-10/h2-7H,1H3,(H,13,14). The van der Waals surface area contributed by atoms with Crippen LogP contribution in [0.1, 0.15) is 5.76 Å². The van der Waals surface area contributed by atoms with Crippen molar-refractivity contribution in [3.8, 4) is 11.3 Å². The van der Waals surface area contributed by atoms with Crippen molar-refractivity contribution >= 4 is 11.0 Å². The molecule has 3 aromatic heterocycles. The first-order valence-electron chi connectivity index (χ1n) is 4.83. The molecular formula is C12H10N2O. The van der Waals surface area contributed by atoms with Gasteiger partial charge in [-0.05, 0) is 31.2 Å². The Balaban J connectivity index is 2.18. The molecule has 0 atom stereocenters. The highest BCUT2D eigenvalue weighted by Gasteiger charge is 2.04. The fourth-order valence-electron chi connectivity index (χ4n) is 1.66. The second-order valence-electron chi connectivity index (χ2n) is 3.55. The van der Waals surface area contributed by atoms with E-state index in [-0.39, 0.29) is 0 Å². The zero-order chi connectivity index (χ0) is 10.3. The van der Waals surface area contributed by atoms with Gasteiger partial charge in [-0.25, -0.2) is 4.98 Å². The molecule has 0 aliphatic carbocycles. The Morgan fingerprint density at radius 1 is 1.27 bits per heavy atom. The molecule has 0 fully saturated rings. The average Bonchev–Trinajstić information content (AvgIpc) is 2.84. The number of fused-ring (bicyclic) bond motifs is 1. The van der Waals surface area contributed by atoms with Crippen molar-refractivity contribution in [3.05, 3.63) is 42.4 Å². The summed E-state index contributed by atoms with van der Waals surface area (Å²) in [6, 6.07) is 7.99. The number of nitrogens with zero attached hydrogens (tertiary/aromatic N) is 1. The van der Waals surface area contributed by atoms with Crippen LogP contribution in [0.4, 0.5) is 0 Å². The molecule has 0 aromatic carbocycles. The van der Waals surface area contributed by atoms with Gasteiger partial charge in [-0.3, -0.25) is 0 Å². The molecule has 3 aromatic rings. The topological polar surface area (TPSA) is 41.8 Å². The molecule has 0 saturated carbocycles. The molecule has 0 aliphatic heterocycles. The van der Waals surface area contributed by atoms with Crippen molar-refractivity contribution in [1.29, 1.82) is 0 Å². The Morgan fingerprint density at radius 3 is 3.00 bits per heavy atom. The molecule has 0 unspecified atom stereocenters. The van der Waals surface area contributed by atoms with Gasteiger partial charge in [-0.1, -0.05) is 0 Å². The third-order valence-electron chi connectivity index (χ3n) is 2.42. The van der Waals surface area contributed by atoms with Crippen molar-refractivity contribution in [3.63, 3.8) is 0 Å². The number of nitrogens with one attached hydrogen (secondary N) is 1. The highest BCUT2D eigenvalue weighted by atomic mass is 16.3. The summed E-state index contributed by atoms with van der Waals surface area (Å²) in [4.78, 5) is 7.37. The maximum Gasteiger partial charge on any atom is 0.137 e. The van der Waals surface area contributed by atoms with E-state index in [1.807, 2.05) is 37.5 Å². The molecule has 0 radical (unpaired) electrons. The summed E-state index contributed by atoms with van der Waals surface area (Å²) < 4.78 is 5.54. The monoisotopic (exact) mass is 198 g/mol. The van der Waals surface area contributed by atoms with Gasteiger partial charge in [-0.15, -0.1) is 0 Å². The van der Waals surface area contributed by atoms with Gasteiger partial charge in [0.2, 0.25) is 0 Å². The van der Waals surface area contributed by atoms with Gasteiger partial charge in [0.1, 0.15) is 17.2 Å². The molecule has 0 spiro atoms. The van der Waals surface area contributed by atoms with Crippen molar-refractivity contribution in [2.24, 2.45) is 0 Å². The molecule has 0 bridgehead atoms. The summed E-state index contributed by atoms with van der Waals surface area (Å²) in [6.07, 6.45) is 3.70. The van der Waals surface area contributed by atoms with Gasteiger partial charge in [0.05, 0.1) is 0 Å². The van der Waals surface area contributed by atoms with Gasteiger partial charge in [-0.2, -0.15) is 0 Å². The Kier molecular flexibility index (Phi) is 1.65. The Morgan fingerprint density at radius 2 is 2.20 bits per heavy atom.